The first kappa shape index (κ1) is 24.7. The van der Waals surface area contributed by atoms with E-state index in [-0.39, 0.29) is 12.4 Å². The molecule has 0 radical (unpaired) electrons. The first-order chi connectivity index (χ1) is 13.1. The number of rotatable bonds is 14. The number of aromatic nitrogens is 2. The summed E-state index contributed by atoms with van der Waals surface area (Å²) in [7, 11) is 4.13. The Hall–Kier alpha value is -1.30. The van der Waals surface area contributed by atoms with Crippen molar-refractivity contribution < 1.29 is 4.74 Å². The zero-order valence-corrected chi connectivity index (χ0v) is 18.8. The van der Waals surface area contributed by atoms with E-state index >= 15 is 0 Å². The van der Waals surface area contributed by atoms with Gasteiger partial charge in [0, 0.05) is 19.7 Å². The highest BCUT2D eigenvalue weighted by Crippen LogP contribution is 2.13. The first-order valence-corrected chi connectivity index (χ1v) is 10.6. The van der Waals surface area contributed by atoms with Crippen molar-refractivity contribution in [2.24, 2.45) is 0 Å². The monoisotopic (exact) mass is 410 g/mol. The molecule has 5 nitrogen and oxygen atoms in total. The Labute approximate surface area is 176 Å². The number of nitrogens with one attached hydrogen (secondary N) is 1. The molecule has 0 aliphatic rings. The van der Waals surface area contributed by atoms with Gasteiger partial charge in [0.25, 0.3) is 0 Å². The molecule has 0 bridgehead atoms. The van der Waals surface area contributed by atoms with Crippen molar-refractivity contribution in [2.75, 3.05) is 27.2 Å². The maximum atomic E-state index is 8.57. The van der Waals surface area contributed by atoms with E-state index in [1.165, 1.54) is 44.9 Å². The molecule has 2 rings (SSSR count). The lowest BCUT2D eigenvalue weighted by atomic mass is 10.1. The minimum atomic E-state index is 0. The van der Waals surface area contributed by atoms with Crippen molar-refractivity contribution in [3.05, 3.63) is 29.9 Å². The van der Waals surface area contributed by atoms with E-state index in [2.05, 4.69) is 42.6 Å². The van der Waals surface area contributed by atoms with E-state index in [9.17, 15) is 0 Å². The summed E-state index contributed by atoms with van der Waals surface area (Å²) in [5.41, 5.74) is 2.71. The van der Waals surface area contributed by atoms with Crippen molar-refractivity contribution in [1.29, 1.82) is 5.41 Å². The molecule has 1 aromatic heterocycles. The Balaban J connectivity index is 0.00000392. The number of nitrogens with zero attached hydrogens (tertiary/aromatic N) is 3. The minimum Gasteiger partial charge on any atom is -0.361 e. The van der Waals surface area contributed by atoms with Gasteiger partial charge in [-0.1, -0.05) is 64.0 Å². The van der Waals surface area contributed by atoms with Crippen molar-refractivity contribution >= 4 is 23.4 Å². The van der Waals surface area contributed by atoms with Gasteiger partial charge in [-0.3, -0.25) is 9.98 Å². The van der Waals surface area contributed by atoms with Gasteiger partial charge in [-0.2, -0.15) is 0 Å². The number of benzene rings is 1. The molecule has 0 amide bonds. The number of unbranched alkanes of at least 4 members (excludes halogenated alkanes) is 7. The van der Waals surface area contributed by atoms with Crippen LogP contribution in [-0.4, -0.2) is 41.3 Å². The molecule has 0 saturated carbocycles. The Morgan fingerprint density at radius 1 is 0.893 bits per heavy atom. The van der Waals surface area contributed by atoms with Gasteiger partial charge in [-0.25, -0.2) is 0 Å². The third-order valence-corrected chi connectivity index (χ3v) is 5.11. The van der Waals surface area contributed by atoms with Crippen LogP contribution in [0.3, 0.4) is 0 Å². The number of para-hydroxylation sites is 2. The van der Waals surface area contributed by atoms with E-state index in [0.717, 1.165) is 37.2 Å². The highest BCUT2D eigenvalue weighted by molar-refractivity contribution is 5.85. The Bertz CT molecular complexity index is 723. The lowest BCUT2D eigenvalue weighted by Gasteiger charge is -2.10. The van der Waals surface area contributed by atoms with Crippen LogP contribution >= 0.6 is 12.4 Å². The predicted octanol–water partition coefficient (Wildman–Crippen LogP) is 5.02. The molecule has 28 heavy (non-hydrogen) atoms. The standard InChI is InChI=1S/C22H38N4O.ClH/c1-4-5-6-7-8-9-10-13-18-27-19-26-21-15-12-11-14-20(21)25(22(26)23)17-16-24(2)3;/h11-12,14-15,23H,4-10,13,16-19H2,1-3H3;1H. The third-order valence-electron chi connectivity index (χ3n) is 5.11. The predicted molar refractivity (Wildman–Crippen MR) is 120 cm³/mol. The SMILES string of the molecule is CCCCCCCCCCOCn1c(=N)n(CCN(C)C)c2ccccc21.Cl. The fourth-order valence-corrected chi connectivity index (χ4v) is 3.45. The number of imidazole rings is 1. The quantitative estimate of drug-likeness (QED) is 0.444. The Kier molecular flexibility index (Phi) is 12.2. The number of fused-ring (bicyclic) bond motifs is 1. The number of halogens is 1. The molecule has 2 aromatic rings. The second kappa shape index (κ2) is 13.8. The van der Waals surface area contributed by atoms with E-state index in [1.807, 2.05) is 16.7 Å². The zero-order chi connectivity index (χ0) is 19.5. The molecule has 6 heteroatoms. The van der Waals surface area contributed by atoms with Gasteiger partial charge in [0.05, 0.1) is 11.0 Å². The van der Waals surface area contributed by atoms with Gasteiger partial charge in [-0.05, 0) is 32.6 Å². The van der Waals surface area contributed by atoms with Crippen molar-refractivity contribution in [2.45, 2.75) is 71.6 Å². The van der Waals surface area contributed by atoms with Crippen molar-refractivity contribution in [3.63, 3.8) is 0 Å². The summed E-state index contributed by atoms with van der Waals surface area (Å²) >= 11 is 0. The van der Waals surface area contributed by atoms with Crippen LogP contribution in [0.25, 0.3) is 11.0 Å². The summed E-state index contributed by atoms with van der Waals surface area (Å²) in [5, 5.41) is 8.57. The molecule has 0 saturated heterocycles. The van der Waals surface area contributed by atoms with Crippen LogP contribution in [0.4, 0.5) is 0 Å². The number of likely N-dealkylation sites (N-methyl/N-ethyl adjacent to an activating group) is 1. The van der Waals surface area contributed by atoms with Crippen LogP contribution in [0.5, 0.6) is 0 Å². The number of hydrogen-bond donors (Lipinski definition) is 1. The number of ether oxygens (including phenoxy) is 1. The molecule has 0 atom stereocenters. The van der Waals surface area contributed by atoms with Crippen LogP contribution in [0.2, 0.25) is 0 Å². The second-order valence-electron chi connectivity index (χ2n) is 7.71. The van der Waals surface area contributed by atoms with Crippen molar-refractivity contribution in [3.8, 4) is 0 Å². The Morgan fingerprint density at radius 2 is 1.46 bits per heavy atom. The van der Waals surface area contributed by atoms with Crippen LogP contribution in [0.15, 0.2) is 24.3 Å². The second-order valence-corrected chi connectivity index (χ2v) is 7.71. The lowest BCUT2D eigenvalue weighted by Crippen LogP contribution is -2.29. The van der Waals surface area contributed by atoms with Gasteiger partial charge >= 0.3 is 0 Å². The normalized spacial score (nSPS) is 11.3. The van der Waals surface area contributed by atoms with Crippen LogP contribution in [-0.2, 0) is 18.0 Å². The first-order valence-electron chi connectivity index (χ1n) is 10.6. The van der Waals surface area contributed by atoms with Crippen molar-refractivity contribution in [1.82, 2.24) is 14.0 Å². The summed E-state index contributed by atoms with van der Waals surface area (Å²) in [6.07, 6.45) is 10.5. The number of hydrogen-bond acceptors (Lipinski definition) is 3. The molecular formula is C22H39ClN4O. The summed E-state index contributed by atoms with van der Waals surface area (Å²) in [6.45, 7) is 5.24. The molecule has 1 heterocycles. The molecule has 0 spiro atoms. The van der Waals surface area contributed by atoms with E-state index in [1.54, 1.807) is 0 Å². The maximum absolute atomic E-state index is 8.57. The molecule has 0 fully saturated rings. The molecular weight excluding hydrogens is 372 g/mol. The minimum absolute atomic E-state index is 0. The highest BCUT2D eigenvalue weighted by Gasteiger charge is 2.10. The molecule has 0 aliphatic heterocycles. The zero-order valence-electron chi connectivity index (χ0n) is 18.0. The summed E-state index contributed by atoms with van der Waals surface area (Å²) in [5.74, 6) is 0. The van der Waals surface area contributed by atoms with Crippen LogP contribution < -0.4 is 5.62 Å². The average Bonchev–Trinajstić information content (AvgIpc) is 2.93. The highest BCUT2D eigenvalue weighted by atomic mass is 35.5. The van der Waals surface area contributed by atoms with E-state index in [4.69, 9.17) is 10.1 Å². The fraction of sp³-hybridized carbons (Fsp3) is 0.682. The Morgan fingerprint density at radius 3 is 2.07 bits per heavy atom. The molecule has 1 N–H and O–H groups in total. The van der Waals surface area contributed by atoms with E-state index in [0.29, 0.717) is 12.3 Å². The van der Waals surface area contributed by atoms with Gasteiger partial charge in [0.2, 0.25) is 5.62 Å². The van der Waals surface area contributed by atoms with Crippen LogP contribution in [0, 0.1) is 5.41 Å². The van der Waals surface area contributed by atoms with Crippen LogP contribution in [0.1, 0.15) is 58.3 Å². The molecule has 0 unspecified atom stereocenters. The third kappa shape index (κ3) is 7.61. The molecule has 0 aliphatic carbocycles. The summed E-state index contributed by atoms with van der Waals surface area (Å²) in [6, 6.07) is 8.25. The fourth-order valence-electron chi connectivity index (χ4n) is 3.45. The maximum Gasteiger partial charge on any atom is 0.204 e. The van der Waals surface area contributed by atoms with Gasteiger partial charge in [0.1, 0.15) is 6.73 Å². The average molecular weight is 411 g/mol. The molecule has 1 aromatic carbocycles. The van der Waals surface area contributed by atoms with Gasteiger partial charge in [-0.15, -0.1) is 12.4 Å². The topological polar surface area (TPSA) is 46.2 Å². The molecule has 160 valence electrons. The largest absolute Gasteiger partial charge is 0.361 e. The van der Waals surface area contributed by atoms with Gasteiger partial charge in [0.15, 0.2) is 0 Å². The van der Waals surface area contributed by atoms with E-state index < -0.39 is 0 Å². The summed E-state index contributed by atoms with van der Waals surface area (Å²) in [4.78, 5) is 2.15. The lowest BCUT2D eigenvalue weighted by molar-refractivity contribution is 0.0728. The smallest absolute Gasteiger partial charge is 0.204 e. The summed E-state index contributed by atoms with van der Waals surface area (Å²) < 4.78 is 9.97. The van der Waals surface area contributed by atoms with Gasteiger partial charge < -0.3 is 14.2 Å².